The Balaban J connectivity index is 4.50. The molecule has 0 bridgehead atoms. The Morgan fingerprint density at radius 2 is 1.93 bits per heavy atom. The van der Waals surface area contributed by atoms with Crippen LogP contribution < -0.4 is 5.73 Å². The molecule has 2 N–H and O–H groups in total. The molecule has 0 spiro atoms. The highest BCUT2D eigenvalue weighted by Crippen LogP contribution is 2.20. The summed E-state index contributed by atoms with van der Waals surface area (Å²) in [5.74, 6) is 1.08. The fraction of sp³-hybridized carbons (Fsp3) is 1.00. The van der Waals surface area contributed by atoms with Crippen LogP contribution in [-0.4, -0.2) is 63.1 Å². The molecule has 0 aliphatic carbocycles. The Bertz CT molecular complexity index is 168. The molecule has 0 saturated heterocycles. The summed E-state index contributed by atoms with van der Waals surface area (Å²) in [6, 6.07) is 0. The number of rotatable bonds is 8. The van der Waals surface area contributed by atoms with Gasteiger partial charge in [0.1, 0.15) is 0 Å². The lowest BCUT2D eigenvalue weighted by Crippen LogP contribution is -2.59. The lowest BCUT2D eigenvalue weighted by molar-refractivity contribution is -0.176. The Kier molecular flexibility index (Phi) is 7.56. The van der Waals surface area contributed by atoms with E-state index in [0.29, 0.717) is 6.54 Å². The molecule has 0 saturated carbocycles. The van der Waals surface area contributed by atoms with E-state index in [1.54, 1.807) is 14.2 Å². The smallest absolute Gasteiger partial charge is 0.176 e. The molecule has 0 aromatic rings. The van der Waals surface area contributed by atoms with Gasteiger partial charge in [0.25, 0.3) is 0 Å². The largest absolute Gasteiger partial charge is 0.354 e. The third kappa shape index (κ3) is 3.92. The van der Waals surface area contributed by atoms with Crippen LogP contribution in [0.5, 0.6) is 0 Å². The van der Waals surface area contributed by atoms with Crippen molar-refractivity contribution in [2.24, 2.45) is 5.73 Å². The van der Waals surface area contributed by atoms with E-state index >= 15 is 0 Å². The standard InChI is InChI=1S/C10H24N2O2S/c1-10(8-11,9(13-3)14-4)12(2)6-7-15-5/h9H,6-8,11H2,1-5H3. The summed E-state index contributed by atoms with van der Waals surface area (Å²) in [6.45, 7) is 3.54. The van der Waals surface area contributed by atoms with Crippen LogP contribution in [0.25, 0.3) is 0 Å². The molecule has 0 radical (unpaired) electrons. The minimum absolute atomic E-state index is 0.279. The van der Waals surface area contributed by atoms with Crippen LogP contribution in [-0.2, 0) is 9.47 Å². The minimum atomic E-state index is -0.297. The summed E-state index contributed by atoms with van der Waals surface area (Å²) in [5, 5.41) is 0. The van der Waals surface area contributed by atoms with E-state index in [9.17, 15) is 0 Å². The highest BCUT2D eigenvalue weighted by Gasteiger charge is 2.37. The van der Waals surface area contributed by atoms with Gasteiger partial charge in [0.2, 0.25) is 0 Å². The summed E-state index contributed by atoms with van der Waals surface area (Å²) >= 11 is 1.82. The molecule has 0 aliphatic heterocycles. The van der Waals surface area contributed by atoms with Gasteiger partial charge in [-0.25, -0.2) is 0 Å². The molecule has 1 unspecified atom stereocenters. The molecule has 15 heavy (non-hydrogen) atoms. The number of ether oxygens (including phenoxy) is 2. The first kappa shape index (κ1) is 15.2. The molecule has 4 nitrogen and oxygen atoms in total. The fourth-order valence-corrected chi connectivity index (χ4v) is 1.98. The fourth-order valence-electron chi connectivity index (χ4n) is 1.52. The van der Waals surface area contributed by atoms with Gasteiger partial charge >= 0.3 is 0 Å². The molecule has 0 fully saturated rings. The third-order valence-electron chi connectivity index (χ3n) is 2.85. The van der Waals surface area contributed by atoms with E-state index in [2.05, 4.69) is 18.1 Å². The summed E-state index contributed by atoms with van der Waals surface area (Å²) < 4.78 is 10.6. The van der Waals surface area contributed by atoms with Crippen molar-refractivity contribution in [3.63, 3.8) is 0 Å². The number of nitrogens with two attached hydrogens (primary N) is 1. The topological polar surface area (TPSA) is 47.7 Å². The first-order valence-corrected chi connectivity index (χ1v) is 6.42. The minimum Gasteiger partial charge on any atom is -0.354 e. The van der Waals surface area contributed by atoms with E-state index in [1.807, 2.05) is 18.8 Å². The zero-order valence-corrected chi connectivity index (χ0v) is 11.3. The van der Waals surface area contributed by atoms with Gasteiger partial charge in [-0.2, -0.15) is 11.8 Å². The SMILES string of the molecule is COC(OC)C(C)(CN)N(C)CCSC. The van der Waals surface area contributed by atoms with E-state index in [4.69, 9.17) is 15.2 Å². The van der Waals surface area contributed by atoms with Gasteiger partial charge in [0.15, 0.2) is 6.29 Å². The van der Waals surface area contributed by atoms with Crippen molar-refractivity contribution in [2.75, 3.05) is 46.4 Å². The molecule has 0 amide bonds. The maximum Gasteiger partial charge on any atom is 0.176 e. The van der Waals surface area contributed by atoms with Crippen molar-refractivity contribution in [3.8, 4) is 0 Å². The summed E-state index contributed by atoms with van der Waals surface area (Å²) in [5.41, 5.74) is 5.54. The number of nitrogens with zero attached hydrogens (tertiary/aromatic N) is 1. The third-order valence-corrected chi connectivity index (χ3v) is 3.44. The van der Waals surface area contributed by atoms with Gasteiger partial charge in [-0.1, -0.05) is 0 Å². The second-order valence-electron chi connectivity index (χ2n) is 3.78. The molecule has 1 atom stereocenters. The maximum absolute atomic E-state index is 5.82. The van der Waals surface area contributed by atoms with E-state index in [1.165, 1.54) is 0 Å². The van der Waals surface area contributed by atoms with E-state index < -0.39 is 0 Å². The normalized spacial score (nSPS) is 16.0. The Hall–Kier alpha value is 0.190. The van der Waals surface area contributed by atoms with Crippen LogP contribution in [0, 0.1) is 0 Å². The molecule has 0 heterocycles. The van der Waals surface area contributed by atoms with E-state index in [0.717, 1.165) is 12.3 Å². The Morgan fingerprint density at radius 3 is 2.27 bits per heavy atom. The lowest BCUT2D eigenvalue weighted by atomic mass is 10.00. The number of methoxy groups -OCH3 is 2. The Labute approximate surface area is 97.5 Å². The van der Waals surface area contributed by atoms with Crippen LogP contribution in [0.4, 0.5) is 0 Å². The highest BCUT2D eigenvalue weighted by molar-refractivity contribution is 7.98. The summed E-state index contributed by atoms with van der Waals surface area (Å²) in [4.78, 5) is 2.20. The molecule has 0 aromatic heterocycles. The average Bonchev–Trinajstić information content (AvgIpc) is 2.26. The number of thioether (sulfide) groups is 1. The second-order valence-corrected chi connectivity index (χ2v) is 4.76. The Morgan fingerprint density at radius 1 is 1.40 bits per heavy atom. The lowest BCUT2D eigenvalue weighted by Gasteiger charge is -2.42. The van der Waals surface area contributed by atoms with Gasteiger partial charge in [0, 0.05) is 33.1 Å². The number of hydrogen-bond donors (Lipinski definition) is 1. The van der Waals surface area contributed by atoms with Crippen LogP contribution >= 0.6 is 11.8 Å². The molecule has 5 heteroatoms. The zero-order chi connectivity index (χ0) is 11.9. The van der Waals surface area contributed by atoms with Crippen molar-refractivity contribution in [1.82, 2.24) is 4.90 Å². The van der Waals surface area contributed by atoms with Crippen LogP contribution in [0.1, 0.15) is 6.92 Å². The molecule has 0 aliphatic rings. The number of hydrogen-bond acceptors (Lipinski definition) is 5. The predicted molar refractivity (Wildman–Crippen MR) is 66.3 cm³/mol. The zero-order valence-electron chi connectivity index (χ0n) is 10.4. The van der Waals surface area contributed by atoms with Gasteiger partial charge in [-0.15, -0.1) is 0 Å². The predicted octanol–water partition coefficient (Wildman–Crippen LogP) is 0.618. The van der Waals surface area contributed by atoms with Crippen LogP contribution in [0.15, 0.2) is 0 Å². The van der Waals surface area contributed by atoms with E-state index in [-0.39, 0.29) is 11.8 Å². The quantitative estimate of drug-likeness (QED) is 0.626. The first-order valence-electron chi connectivity index (χ1n) is 5.02. The van der Waals surface area contributed by atoms with Crippen molar-refractivity contribution in [3.05, 3.63) is 0 Å². The van der Waals surface area contributed by atoms with Crippen molar-refractivity contribution >= 4 is 11.8 Å². The summed E-state index contributed by atoms with van der Waals surface area (Å²) in [6.07, 6.45) is 1.80. The van der Waals surface area contributed by atoms with Gasteiger partial charge in [-0.05, 0) is 20.2 Å². The average molecular weight is 236 g/mol. The first-order chi connectivity index (χ1) is 7.06. The molecular weight excluding hydrogens is 212 g/mol. The monoisotopic (exact) mass is 236 g/mol. The molecule has 0 rings (SSSR count). The molecule has 0 aromatic carbocycles. The van der Waals surface area contributed by atoms with Gasteiger partial charge in [-0.3, -0.25) is 4.90 Å². The van der Waals surface area contributed by atoms with Gasteiger partial charge in [0.05, 0.1) is 5.54 Å². The summed E-state index contributed by atoms with van der Waals surface area (Å²) in [7, 11) is 5.34. The molecular formula is C10H24N2O2S. The second kappa shape index (κ2) is 7.46. The van der Waals surface area contributed by atoms with Crippen molar-refractivity contribution < 1.29 is 9.47 Å². The van der Waals surface area contributed by atoms with Crippen molar-refractivity contribution in [2.45, 2.75) is 18.8 Å². The van der Waals surface area contributed by atoms with Crippen molar-refractivity contribution in [1.29, 1.82) is 0 Å². The van der Waals surface area contributed by atoms with Gasteiger partial charge < -0.3 is 15.2 Å². The van der Waals surface area contributed by atoms with Crippen LogP contribution in [0.2, 0.25) is 0 Å². The molecule has 92 valence electrons. The number of likely N-dealkylation sites (N-methyl/N-ethyl adjacent to an activating group) is 1. The van der Waals surface area contributed by atoms with Crippen LogP contribution in [0.3, 0.4) is 0 Å². The highest BCUT2D eigenvalue weighted by atomic mass is 32.2. The maximum atomic E-state index is 5.82.